The summed E-state index contributed by atoms with van der Waals surface area (Å²) in [5.74, 6) is -0.276. The minimum Gasteiger partial charge on any atom is -0.490 e. The van der Waals surface area contributed by atoms with E-state index in [0.29, 0.717) is 19.0 Å². The molecule has 0 heterocycles. The Balaban J connectivity index is 2.81. The summed E-state index contributed by atoms with van der Waals surface area (Å²) in [5, 5.41) is 7.25. The molecule has 4 nitrogen and oxygen atoms in total. The molecule has 0 aliphatic rings. The van der Waals surface area contributed by atoms with E-state index in [0.717, 1.165) is 0 Å². The fraction of sp³-hybridized carbons (Fsp3) is 0.300. The number of ether oxygens (including phenoxy) is 2. The van der Waals surface area contributed by atoms with Gasteiger partial charge in [0.25, 0.3) is 0 Å². The summed E-state index contributed by atoms with van der Waals surface area (Å²) in [6.45, 7) is 0.761. The van der Waals surface area contributed by atoms with E-state index in [2.05, 4.69) is 0 Å². The predicted molar refractivity (Wildman–Crippen MR) is 54.8 cm³/mol. The molecule has 0 aliphatic heterocycles. The maximum Gasteiger partial charge on any atom is 0.130 e. The van der Waals surface area contributed by atoms with E-state index in [9.17, 15) is 4.39 Å². The molecule has 0 radical (unpaired) electrons. The van der Waals surface area contributed by atoms with E-state index in [1.807, 2.05) is 0 Å². The van der Waals surface area contributed by atoms with E-state index in [1.165, 1.54) is 18.2 Å². The molecule has 0 saturated heterocycles. The lowest BCUT2D eigenvalue weighted by Crippen LogP contribution is -2.14. The summed E-state index contributed by atoms with van der Waals surface area (Å²) in [6, 6.07) is 3.88. The number of halogens is 1. The number of nitrogens with one attached hydrogen (secondary N) is 1. The lowest BCUT2D eigenvalue weighted by molar-refractivity contribution is 0.146. The summed E-state index contributed by atoms with van der Waals surface area (Å²) in [6.07, 6.45) is 0. The van der Waals surface area contributed by atoms with Crippen molar-refractivity contribution in [3.63, 3.8) is 0 Å². The van der Waals surface area contributed by atoms with Gasteiger partial charge in [-0.1, -0.05) is 0 Å². The maximum atomic E-state index is 12.9. The Morgan fingerprint density at radius 1 is 1.47 bits per heavy atom. The van der Waals surface area contributed by atoms with Gasteiger partial charge in [0.05, 0.1) is 12.2 Å². The average Bonchev–Trinajstić information content (AvgIpc) is 2.20. The fourth-order valence-electron chi connectivity index (χ4n) is 1.07. The summed E-state index contributed by atoms with van der Waals surface area (Å²) in [4.78, 5) is 0. The molecule has 15 heavy (non-hydrogen) atoms. The fourth-order valence-corrected chi connectivity index (χ4v) is 1.07. The lowest BCUT2D eigenvalue weighted by Gasteiger charge is -2.09. The number of hydrogen-bond donors (Lipinski definition) is 2. The first-order chi connectivity index (χ1) is 7.15. The highest BCUT2D eigenvalue weighted by Gasteiger charge is 2.07. The Hall–Kier alpha value is -1.62. The quantitative estimate of drug-likeness (QED) is 0.437. The van der Waals surface area contributed by atoms with E-state index in [4.69, 9.17) is 20.6 Å². The van der Waals surface area contributed by atoms with Crippen LogP contribution < -0.4 is 10.5 Å². The number of nitrogens with two attached hydrogens (primary N) is 1. The first kappa shape index (κ1) is 11.5. The van der Waals surface area contributed by atoms with Crippen LogP contribution in [0.15, 0.2) is 18.2 Å². The molecular formula is C10H13FN2O2. The van der Waals surface area contributed by atoms with Gasteiger partial charge in [-0.15, -0.1) is 0 Å². The standard InChI is InChI=1S/C10H13FN2O2/c1-14-4-5-15-9-3-2-7(11)6-8(9)10(12)13/h2-3,6H,4-5H2,1H3,(H3,12,13). The molecule has 0 aliphatic carbocycles. The van der Waals surface area contributed by atoms with Crippen LogP contribution in [0.1, 0.15) is 5.56 Å². The number of nitrogen functional groups attached to an aromatic ring is 1. The van der Waals surface area contributed by atoms with E-state index < -0.39 is 5.82 Å². The monoisotopic (exact) mass is 212 g/mol. The van der Waals surface area contributed by atoms with Crippen molar-refractivity contribution >= 4 is 5.84 Å². The molecule has 0 atom stereocenters. The first-order valence-corrected chi connectivity index (χ1v) is 4.41. The van der Waals surface area contributed by atoms with Crippen molar-refractivity contribution in [3.05, 3.63) is 29.6 Å². The van der Waals surface area contributed by atoms with Gasteiger partial charge in [-0.2, -0.15) is 0 Å². The SMILES string of the molecule is COCCOc1ccc(F)cc1C(=N)N. The van der Waals surface area contributed by atoms with Crippen molar-refractivity contribution in [1.82, 2.24) is 0 Å². The van der Waals surface area contributed by atoms with Gasteiger partial charge >= 0.3 is 0 Å². The third-order valence-electron chi connectivity index (χ3n) is 1.78. The van der Waals surface area contributed by atoms with Gasteiger partial charge in [-0.05, 0) is 18.2 Å². The van der Waals surface area contributed by atoms with Gasteiger partial charge in [-0.3, -0.25) is 5.41 Å². The highest BCUT2D eigenvalue weighted by Crippen LogP contribution is 2.18. The summed E-state index contributed by atoms with van der Waals surface area (Å²) in [7, 11) is 1.56. The zero-order chi connectivity index (χ0) is 11.3. The molecule has 1 aromatic rings. The van der Waals surface area contributed by atoms with Crippen molar-refractivity contribution < 1.29 is 13.9 Å². The maximum absolute atomic E-state index is 12.9. The van der Waals surface area contributed by atoms with Gasteiger partial charge in [0.2, 0.25) is 0 Å². The zero-order valence-corrected chi connectivity index (χ0v) is 8.42. The highest BCUT2D eigenvalue weighted by atomic mass is 19.1. The van der Waals surface area contributed by atoms with E-state index in [1.54, 1.807) is 7.11 Å². The second kappa shape index (κ2) is 5.31. The predicted octanol–water partition coefficient (Wildman–Crippen LogP) is 1.13. The summed E-state index contributed by atoms with van der Waals surface area (Å²) in [5.41, 5.74) is 5.55. The van der Waals surface area contributed by atoms with Crippen LogP contribution in [0.25, 0.3) is 0 Å². The summed E-state index contributed by atoms with van der Waals surface area (Å²) >= 11 is 0. The Labute approximate surface area is 87.3 Å². The normalized spacial score (nSPS) is 10.0. The smallest absolute Gasteiger partial charge is 0.130 e. The molecule has 5 heteroatoms. The average molecular weight is 212 g/mol. The third-order valence-corrected chi connectivity index (χ3v) is 1.78. The molecule has 0 aromatic heterocycles. The Morgan fingerprint density at radius 2 is 2.20 bits per heavy atom. The van der Waals surface area contributed by atoms with Gasteiger partial charge < -0.3 is 15.2 Å². The Kier molecular flexibility index (Phi) is 4.05. The molecule has 0 spiro atoms. The van der Waals surface area contributed by atoms with Crippen molar-refractivity contribution in [2.75, 3.05) is 20.3 Å². The van der Waals surface area contributed by atoms with E-state index >= 15 is 0 Å². The van der Waals surface area contributed by atoms with Crippen molar-refractivity contribution in [1.29, 1.82) is 5.41 Å². The molecule has 0 unspecified atom stereocenters. The molecule has 0 bridgehead atoms. The van der Waals surface area contributed by atoms with Crippen molar-refractivity contribution in [3.8, 4) is 5.75 Å². The second-order valence-corrected chi connectivity index (χ2v) is 2.90. The molecule has 82 valence electrons. The number of amidine groups is 1. The zero-order valence-electron chi connectivity index (χ0n) is 8.42. The van der Waals surface area contributed by atoms with Crippen LogP contribution in [0, 0.1) is 11.2 Å². The van der Waals surface area contributed by atoms with Crippen molar-refractivity contribution in [2.45, 2.75) is 0 Å². The molecular weight excluding hydrogens is 199 g/mol. The van der Waals surface area contributed by atoms with Gasteiger partial charge in [-0.25, -0.2) is 4.39 Å². The largest absolute Gasteiger partial charge is 0.490 e. The topological polar surface area (TPSA) is 68.3 Å². The Bertz CT molecular complexity index is 355. The molecule has 0 amide bonds. The van der Waals surface area contributed by atoms with Gasteiger partial charge in [0, 0.05) is 7.11 Å². The van der Waals surface area contributed by atoms with Crippen molar-refractivity contribution in [2.24, 2.45) is 5.73 Å². The van der Waals surface area contributed by atoms with Crippen LogP contribution >= 0.6 is 0 Å². The van der Waals surface area contributed by atoms with Crippen LogP contribution in [0.3, 0.4) is 0 Å². The second-order valence-electron chi connectivity index (χ2n) is 2.90. The van der Waals surface area contributed by atoms with Gasteiger partial charge in [0.15, 0.2) is 0 Å². The number of methoxy groups -OCH3 is 1. The van der Waals surface area contributed by atoms with Crippen LogP contribution in [0.2, 0.25) is 0 Å². The molecule has 1 rings (SSSR count). The van der Waals surface area contributed by atoms with E-state index in [-0.39, 0.29) is 11.4 Å². The van der Waals surface area contributed by atoms with Crippen LogP contribution in [-0.2, 0) is 4.74 Å². The van der Waals surface area contributed by atoms with Crippen LogP contribution in [0.5, 0.6) is 5.75 Å². The molecule has 3 N–H and O–H groups in total. The molecule has 0 fully saturated rings. The summed E-state index contributed by atoms with van der Waals surface area (Å²) < 4.78 is 22.9. The van der Waals surface area contributed by atoms with Crippen LogP contribution in [-0.4, -0.2) is 26.2 Å². The number of benzene rings is 1. The minimum atomic E-state index is -0.445. The third kappa shape index (κ3) is 3.21. The number of hydrogen-bond acceptors (Lipinski definition) is 3. The lowest BCUT2D eigenvalue weighted by atomic mass is 10.2. The van der Waals surface area contributed by atoms with Gasteiger partial charge in [0.1, 0.15) is 24.0 Å². The van der Waals surface area contributed by atoms with Crippen LogP contribution in [0.4, 0.5) is 4.39 Å². The Morgan fingerprint density at radius 3 is 2.80 bits per heavy atom. The number of rotatable bonds is 5. The molecule has 1 aromatic carbocycles. The first-order valence-electron chi connectivity index (χ1n) is 4.41. The minimum absolute atomic E-state index is 0.220. The highest BCUT2D eigenvalue weighted by molar-refractivity contribution is 5.97. The molecule has 0 saturated carbocycles.